The van der Waals surface area contributed by atoms with Crippen molar-refractivity contribution in [3.63, 3.8) is 0 Å². The van der Waals surface area contributed by atoms with Crippen LogP contribution in [0, 0.1) is 0 Å². The fraction of sp³-hybridized carbons (Fsp3) is 0.600. The van der Waals surface area contributed by atoms with Gasteiger partial charge in [0.25, 0.3) is 0 Å². The molecule has 0 saturated carbocycles. The summed E-state index contributed by atoms with van der Waals surface area (Å²) in [4.78, 5) is 0. The Labute approximate surface area is 116 Å². The summed E-state index contributed by atoms with van der Waals surface area (Å²) in [5.74, 6) is 0.862. The van der Waals surface area contributed by atoms with Crippen molar-refractivity contribution in [1.29, 1.82) is 0 Å². The molecule has 1 aromatic rings. The molecule has 4 nitrogen and oxygen atoms in total. The van der Waals surface area contributed by atoms with Crippen molar-refractivity contribution in [1.82, 2.24) is 5.32 Å². The van der Waals surface area contributed by atoms with Crippen LogP contribution in [0.4, 0.5) is 0 Å². The Kier molecular flexibility index (Phi) is 7.48. The minimum absolute atomic E-state index is 0.161. The Morgan fingerprint density at radius 1 is 1.21 bits per heavy atom. The number of methoxy groups -OCH3 is 1. The first kappa shape index (κ1) is 16.0. The smallest absolute Gasteiger partial charge is 0.119 e. The van der Waals surface area contributed by atoms with Crippen molar-refractivity contribution in [3.8, 4) is 5.75 Å². The summed E-state index contributed by atoms with van der Waals surface area (Å²) >= 11 is 0. The number of nitrogens with one attached hydrogen (secondary N) is 1. The number of hydrogen-bond acceptors (Lipinski definition) is 4. The normalized spacial score (nSPS) is 12.7. The molecule has 1 N–H and O–H groups in total. The predicted molar refractivity (Wildman–Crippen MR) is 76.7 cm³/mol. The summed E-state index contributed by atoms with van der Waals surface area (Å²) in [6.07, 6.45) is 0.252. The molecule has 1 unspecified atom stereocenters. The van der Waals surface area contributed by atoms with E-state index in [4.69, 9.17) is 14.2 Å². The first-order valence-corrected chi connectivity index (χ1v) is 6.68. The first-order valence-electron chi connectivity index (χ1n) is 6.68. The predicted octanol–water partition coefficient (Wildman–Crippen LogP) is 2.40. The van der Waals surface area contributed by atoms with E-state index in [0.717, 1.165) is 11.3 Å². The summed E-state index contributed by atoms with van der Waals surface area (Å²) in [5, 5.41) is 3.25. The molecule has 0 spiro atoms. The summed E-state index contributed by atoms with van der Waals surface area (Å²) in [5.41, 5.74) is 1.16. The van der Waals surface area contributed by atoms with Crippen LogP contribution in [-0.2, 0) is 9.47 Å². The van der Waals surface area contributed by atoms with Gasteiger partial charge in [-0.2, -0.15) is 0 Å². The van der Waals surface area contributed by atoms with Crippen molar-refractivity contribution in [2.24, 2.45) is 0 Å². The van der Waals surface area contributed by atoms with Crippen molar-refractivity contribution in [2.45, 2.75) is 26.0 Å². The topological polar surface area (TPSA) is 39.7 Å². The molecule has 4 heteroatoms. The van der Waals surface area contributed by atoms with E-state index in [0.29, 0.717) is 19.8 Å². The molecule has 0 aliphatic carbocycles. The minimum Gasteiger partial charge on any atom is -0.497 e. The Hall–Kier alpha value is -1.10. The van der Waals surface area contributed by atoms with Gasteiger partial charge in [0.05, 0.1) is 39.1 Å². The Balaban J connectivity index is 2.40. The van der Waals surface area contributed by atoms with Crippen LogP contribution >= 0.6 is 0 Å². The quantitative estimate of drug-likeness (QED) is 0.697. The fourth-order valence-corrected chi connectivity index (χ4v) is 1.75. The molecule has 19 heavy (non-hydrogen) atoms. The number of rotatable bonds is 9. The summed E-state index contributed by atoms with van der Waals surface area (Å²) in [6.45, 7) is 5.90. The van der Waals surface area contributed by atoms with Gasteiger partial charge in [-0.25, -0.2) is 0 Å². The number of hydrogen-bond donors (Lipinski definition) is 1. The van der Waals surface area contributed by atoms with Gasteiger partial charge in [-0.05, 0) is 38.6 Å². The van der Waals surface area contributed by atoms with Crippen molar-refractivity contribution in [2.75, 3.05) is 34.0 Å². The number of likely N-dealkylation sites (N-methyl/N-ethyl adjacent to an activating group) is 1. The maximum Gasteiger partial charge on any atom is 0.119 e. The average molecular weight is 267 g/mol. The van der Waals surface area contributed by atoms with Gasteiger partial charge < -0.3 is 19.5 Å². The van der Waals surface area contributed by atoms with Crippen LogP contribution < -0.4 is 10.1 Å². The Morgan fingerprint density at radius 2 is 2.00 bits per heavy atom. The van der Waals surface area contributed by atoms with Crippen molar-refractivity contribution >= 4 is 0 Å². The summed E-state index contributed by atoms with van der Waals surface area (Å²) < 4.78 is 16.3. The van der Waals surface area contributed by atoms with E-state index in [-0.39, 0.29) is 12.1 Å². The van der Waals surface area contributed by atoms with Gasteiger partial charge in [-0.3, -0.25) is 0 Å². The highest BCUT2D eigenvalue weighted by molar-refractivity contribution is 5.30. The van der Waals surface area contributed by atoms with Crippen LogP contribution in [0.1, 0.15) is 25.5 Å². The zero-order valence-electron chi connectivity index (χ0n) is 12.3. The molecule has 0 aliphatic heterocycles. The van der Waals surface area contributed by atoms with Gasteiger partial charge >= 0.3 is 0 Å². The van der Waals surface area contributed by atoms with Crippen LogP contribution in [0.25, 0.3) is 0 Å². The molecule has 108 valence electrons. The molecule has 1 aromatic carbocycles. The van der Waals surface area contributed by atoms with E-state index < -0.39 is 0 Å². The maximum absolute atomic E-state index is 5.64. The third-order valence-electron chi connectivity index (χ3n) is 2.81. The second-order valence-electron chi connectivity index (χ2n) is 4.61. The number of ether oxygens (including phenoxy) is 3. The van der Waals surface area contributed by atoms with Crippen LogP contribution in [-0.4, -0.2) is 40.1 Å². The minimum atomic E-state index is 0.161. The Morgan fingerprint density at radius 3 is 2.63 bits per heavy atom. The summed E-state index contributed by atoms with van der Waals surface area (Å²) in [6, 6.07) is 8.18. The molecule has 0 aromatic heterocycles. The average Bonchev–Trinajstić information content (AvgIpc) is 2.42. The molecule has 0 heterocycles. The van der Waals surface area contributed by atoms with E-state index in [1.165, 1.54) is 0 Å². The lowest BCUT2D eigenvalue weighted by atomic mass is 10.1. The molecule has 1 atom stereocenters. The monoisotopic (exact) mass is 267 g/mol. The standard InChI is InChI=1S/C15H25NO3/c1-12(2)19-9-8-18-11-15(16-3)13-6-5-7-14(10-13)17-4/h5-7,10,12,15-16H,8-9,11H2,1-4H3. The SMILES string of the molecule is CNC(COCCOC(C)C)c1cccc(OC)c1. The van der Waals surface area contributed by atoms with Crippen LogP contribution in [0.2, 0.25) is 0 Å². The molecule has 0 saturated heterocycles. The summed E-state index contributed by atoms with van der Waals surface area (Å²) in [7, 11) is 3.60. The molecular weight excluding hydrogens is 242 g/mol. The van der Waals surface area contributed by atoms with Crippen LogP contribution in [0.15, 0.2) is 24.3 Å². The molecule has 0 bridgehead atoms. The number of benzene rings is 1. The molecular formula is C15H25NO3. The van der Waals surface area contributed by atoms with E-state index in [1.54, 1.807) is 7.11 Å². The van der Waals surface area contributed by atoms with Gasteiger partial charge in [-0.15, -0.1) is 0 Å². The molecule has 1 rings (SSSR count). The Bertz CT molecular complexity index is 355. The van der Waals surface area contributed by atoms with E-state index >= 15 is 0 Å². The first-order chi connectivity index (χ1) is 9.17. The van der Waals surface area contributed by atoms with Crippen LogP contribution in [0.5, 0.6) is 5.75 Å². The van der Waals surface area contributed by atoms with E-state index in [1.807, 2.05) is 39.1 Å². The lowest BCUT2D eigenvalue weighted by Crippen LogP contribution is -2.23. The fourth-order valence-electron chi connectivity index (χ4n) is 1.75. The highest BCUT2D eigenvalue weighted by atomic mass is 16.5. The highest BCUT2D eigenvalue weighted by Gasteiger charge is 2.10. The maximum atomic E-state index is 5.64. The third-order valence-corrected chi connectivity index (χ3v) is 2.81. The molecule has 0 aliphatic rings. The van der Waals surface area contributed by atoms with Gasteiger partial charge in [0.1, 0.15) is 5.75 Å². The third kappa shape index (κ3) is 6.05. The van der Waals surface area contributed by atoms with Gasteiger partial charge in [-0.1, -0.05) is 12.1 Å². The van der Waals surface area contributed by atoms with Crippen molar-refractivity contribution < 1.29 is 14.2 Å². The van der Waals surface area contributed by atoms with E-state index in [2.05, 4.69) is 11.4 Å². The molecule has 0 amide bonds. The second kappa shape index (κ2) is 8.91. The molecule has 0 fully saturated rings. The largest absolute Gasteiger partial charge is 0.497 e. The van der Waals surface area contributed by atoms with E-state index in [9.17, 15) is 0 Å². The van der Waals surface area contributed by atoms with Crippen LogP contribution in [0.3, 0.4) is 0 Å². The lowest BCUT2D eigenvalue weighted by Gasteiger charge is -2.18. The van der Waals surface area contributed by atoms with Gasteiger partial charge in [0, 0.05) is 0 Å². The lowest BCUT2D eigenvalue weighted by molar-refractivity contribution is 0.0142. The highest BCUT2D eigenvalue weighted by Crippen LogP contribution is 2.19. The van der Waals surface area contributed by atoms with Gasteiger partial charge in [0.2, 0.25) is 0 Å². The van der Waals surface area contributed by atoms with Crippen molar-refractivity contribution in [3.05, 3.63) is 29.8 Å². The zero-order valence-corrected chi connectivity index (χ0v) is 12.3. The second-order valence-corrected chi connectivity index (χ2v) is 4.61. The van der Waals surface area contributed by atoms with Gasteiger partial charge in [0.15, 0.2) is 0 Å². The zero-order chi connectivity index (χ0) is 14.1. The molecule has 0 radical (unpaired) electrons.